The van der Waals surface area contributed by atoms with Gasteiger partial charge < -0.3 is 19.3 Å². The van der Waals surface area contributed by atoms with Crippen LogP contribution in [0.2, 0.25) is 0 Å². The molecule has 0 unspecified atom stereocenters. The molecule has 3 rings (SSSR count). The number of aliphatic hydroxyl groups is 1. The van der Waals surface area contributed by atoms with Crippen LogP contribution in [-0.4, -0.2) is 58.8 Å². The van der Waals surface area contributed by atoms with Crippen molar-refractivity contribution in [3.63, 3.8) is 0 Å². The molecule has 0 saturated carbocycles. The highest BCUT2D eigenvalue weighted by Crippen LogP contribution is 2.35. The number of hydrogen-bond acceptors (Lipinski definition) is 6. The average Bonchev–Trinajstić information content (AvgIpc) is 3.14. The van der Waals surface area contributed by atoms with E-state index in [0.717, 1.165) is 22.6 Å². The van der Waals surface area contributed by atoms with Gasteiger partial charge in [0, 0.05) is 44.4 Å². The monoisotopic (exact) mass is 481 g/mol. The van der Waals surface area contributed by atoms with Crippen LogP contribution >= 0.6 is 0 Å². The van der Waals surface area contributed by atoms with Gasteiger partial charge in [0.05, 0.1) is 25.4 Å². The third-order valence-corrected chi connectivity index (χ3v) is 5.69. The Morgan fingerprint density at radius 3 is 2.34 bits per heavy atom. The molecule has 0 bridgehead atoms. The van der Waals surface area contributed by atoms with E-state index in [1.807, 2.05) is 49.5 Å². The molecular formula is C28H39N3O4. The molecule has 0 amide bonds. The predicted octanol–water partition coefficient (Wildman–Crippen LogP) is 5.13. The first-order valence-corrected chi connectivity index (χ1v) is 12.2. The van der Waals surface area contributed by atoms with Gasteiger partial charge >= 0.3 is 0 Å². The Morgan fingerprint density at radius 1 is 0.971 bits per heavy atom. The van der Waals surface area contributed by atoms with Crippen LogP contribution in [0, 0.1) is 5.92 Å². The van der Waals surface area contributed by atoms with E-state index in [1.54, 1.807) is 11.8 Å². The third kappa shape index (κ3) is 7.56. The van der Waals surface area contributed by atoms with Crippen LogP contribution in [-0.2, 0) is 18.3 Å². The smallest absolute Gasteiger partial charge is 0.222 e. The van der Waals surface area contributed by atoms with Crippen LogP contribution in [0.4, 0.5) is 0 Å². The molecule has 2 aromatic carbocycles. The molecular weight excluding hydrogens is 442 g/mol. The minimum absolute atomic E-state index is 0.197. The van der Waals surface area contributed by atoms with Crippen LogP contribution in [0.25, 0.3) is 11.3 Å². The fraction of sp³-hybridized carbons (Fsp3) is 0.464. The minimum atomic E-state index is -0.587. The second-order valence-corrected chi connectivity index (χ2v) is 9.51. The summed E-state index contributed by atoms with van der Waals surface area (Å²) in [5, 5.41) is 15.5. The lowest BCUT2D eigenvalue weighted by molar-refractivity contribution is 0.00166. The molecule has 3 aromatic rings. The SMILES string of the molecule is COc1cccc(Oc2c(CN(C[C@H](O)COCC(C)C)C(C)C)c(-c3ccccc3)nn2C)c1. The zero-order valence-corrected chi connectivity index (χ0v) is 21.8. The van der Waals surface area contributed by atoms with Gasteiger partial charge in [0.15, 0.2) is 0 Å². The normalized spacial score (nSPS) is 12.5. The van der Waals surface area contributed by atoms with Gasteiger partial charge in [-0.2, -0.15) is 5.10 Å². The molecule has 1 N–H and O–H groups in total. The van der Waals surface area contributed by atoms with Crippen molar-refractivity contribution in [2.75, 3.05) is 26.9 Å². The molecule has 7 heteroatoms. The van der Waals surface area contributed by atoms with E-state index < -0.39 is 6.10 Å². The summed E-state index contributed by atoms with van der Waals surface area (Å²) in [5.74, 6) is 2.49. The minimum Gasteiger partial charge on any atom is -0.497 e. The second kappa shape index (κ2) is 12.7. The van der Waals surface area contributed by atoms with E-state index >= 15 is 0 Å². The summed E-state index contributed by atoms with van der Waals surface area (Å²) >= 11 is 0. The number of benzene rings is 2. The van der Waals surface area contributed by atoms with Crippen molar-refractivity contribution in [2.24, 2.45) is 13.0 Å². The molecule has 0 radical (unpaired) electrons. The van der Waals surface area contributed by atoms with Crippen LogP contribution < -0.4 is 9.47 Å². The van der Waals surface area contributed by atoms with Gasteiger partial charge in [0.2, 0.25) is 5.88 Å². The number of hydrogen-bond donors (Lipinski definition) is 1. The highest BCUT2D eigenvalue weighted by molar-refractivity contribution is 5.65. The Hall–Kier alpha value is -2.87. The van der Waals surface area contributed by atoms with Gasteiger partial charge in [-0.15, -0.1) is 0 Å². The zero-order chi connectivity index (χ0) is 25.4. The largest absolute Gasteiger partial charge is 0.497 e. The molecule has 1 atom stereocenters. The Morgan fingerprint density at radius 2 is 1.69 bits per heavy atom. The molecule has 0 fully saturated rings. The number of aromatic nitrogens is 2. The van der Waals surface area contributed by atoms with Crippen LogP contribution in [0.5, 0.6) is 17.4 Å². The van der Waals surface area contributed by atoms with E-state index in [-0.39, 0.29) is 6.04 Å². The third-order valence-electron chi connectivity index (χ3n) is 5.69. The molecule has 35 heavy (non-hydrogen) atoms. The van der Waals surface area contributed by atoms with Crippen LogP contribution in [0.1, 0.15) is 33.3 Å². The van der Waals surface area contributed by atoms with Crippen molar-refractivity contribution in [1.82, 2.24) is 14.7 Å². The zero-order valence-electron chi connectivity index (χ0n) is 21.8. The topological polar surface area (TPSA) is 69.0 Å². The Kier molecular flexibility index (Phi) is 9.72. The molecule has 0 aliphatic rings. The summed E-state index contributed by atoms with van der Waals surface area (Å²) in [5.41, 5.74) is 2.84. The lowest BCUT2D eigenvalue weighted by Crippen LogP contribution is -2.39. The van der Waals surface area contributed by atoms with Crippen molar-refractivity contribution in [3.8, 4) is 28.6 Å². The second-order valence-electron chi connectivity index (χ2n) is 9.51. The Bertz CT molecular complexity index is 1050. The molecule has 1 heterocycles. The Labute approximate surface area is 209 Å². The molecule has 0 aliphatic carbocycles. The average molecular weight is 482 g/mol. The molecule has 190 valence electrons. The number of aliphatic hydroxyl groups excluding tert-OH is 1. The number of nitrogens with zero attached hydrogens (tertiary/aromatic N) is 3. The first kappa shape index (κ1) is 26.7. The maximum Gasteiger partial charge on any atom is 0.222 e. The summed E-state index contributed by atoms with van der Waals surface area (Å²) in [7, 11) is 3.53. The van der Waals surface area contributed by atoms with E-state index in [1.165, 1.54) is 0 Å². The van der Waals surface area contributed by atoms with Crippen LogP contribution in [0.3, 0.4) is 0 Å². The van der Waals surface area contributed by atoms with Gasteiger partial charge in [0.1, 0.15) is 17.2 Å². The predicted molar refractivity (Wildman–Crippen MR) is 139 cm³/mol. The lowest BCUT2D eigenvalue weighted by Gasteiger charge is -2.29. The summed E-state index contributed by atoms with van der Waals surface area (Å²) < 4.78 is 19.2. The van der Waals surface area contributed by atoms with Crippen molar-refractivity contribution in [2.45, 2.75) is 46.4 Å². The van der Waals surface area contributed by atoms with Gasteiger partial charge in [-0.3, -0.25) is 4.90 Å². The molecule has 7 nitrogen and oxygen atoms in total. The quantitative estimate of drug-likeness (QED) is 0.365. The lowest BCUT2D eigenvalue weighted by atomic mass is 10.1. The van der Waals surface area contributed by atoms with Crippen molar-refractivity contribution in [3.05, 3.63) is 60.2 Å². The van der Waals surface area contributed by atoms with Crippen molar-refractivity contribution < 1.29 is 19.3 Å². The fourth-order valence-electron chi connectivity index (χ4n) is 3.85. The van der Waals surface area contributed by atoms with Gasteiger partial charge in [0.25, 0.3) is 0 Å². The van der Waals surface area contributed by atoms with E-state index in [0.29, 0.717) is 43.9 Å². The highest BCUT2D eigenvalue weighted by Gasteiger charge is 2.24. The first-order valence-electron chi connectivity index (χ1n) is 12.2. The van der Waals surface area contributed by atoms with E-state index in [2.05, 4.69) is 44.7 Å². The number of ether oxygens (including phenoxy) is 3. The number of aryl methyl sites for hydroxylation is 1. The first-order chi connectivity index (χ1) is 16.8. The fourth-order valence-corrected chi connectivity index (χ4v) is 3.85. The molecule has 0 spiro atoms. The molecule has 0 aliphatic heterocycles. The summed E-state index contributed by atoms with van der Waals surface area (Å²) in [4.78, 5) is 2.23. The standard InChI is InChI=1S/C28H39N3O4/c1-20(2)18-34-19-23(32)16-31(21(3)4)17-26-27(22-11-8-7-9-12-22)29-30(5)28(26)35-25-14-10-13-24(15-25)33-6/h7-15,20-21,23,32H,16-19H2,1-6H3/t23-/m0/s1. The van der Waals surface area contributed by atoms with E-state index in [4.69, 9.17) is 19.3 Å². The number of methoxy groups -OCH3 is 1. The van der Waals surface area contributed by atoms with Crippen molar-refractivity contribution >= 4 is 0 Å². The highest BCUT2D eigenvalue weighted by atomic mass is 16.5. The number of rotatable bonds is 13. The maximum atomic E-state index is 10.7. The summed E-state index contributed by atoms with van der Waals surface area (Å²) in [6.45, 7) is 10.5. The molecule has 0 saturated heterocycles. The summed E-state index contributed by atoms with van der Waals surface area (Å²) in [6, 6.07) is 17.8. The molecule has 1 aromatic heterocycles. The van der Waals surface area contributed by atoms with Crippen LogP contribution in [0.15, 0.2) is 54.6 Å². The summed E-state index contributed by atoms with van der Waals surface area (Å²) in [6.07, 6.45) is -0.587. The maximum absolute atomic E-state index is 10.7. The van der Waals surface area contributed by atoms with Gasteiger partial charge in [-0.1, -0.05) is 50.2 Å². The van der Waals surface area contributed by atoms with E-state index in [9.17, 15) is 5.11 Å². The van der Waals surface area contributed by atoms with Crippen molar-refractivity contribution in [1.29, 1.82) is 0 Å². The van der Waals surface area contributed by atoms with Gasteiger partial charge in [-0.05, 0) is 31.9 Å². The Balaban J connectivity index is 1.92. The van der Waals surface area contributed by atoms with Gasteiger partial charge in [-0.25, -0.2) is 4.68 Å².